The summed E-state index contributed by atoms with van der Waals surface area (Å²) < 4.78 is 2.09. The molecule has 0 spiro atoms. The normalized spacial score (nSPS) is 18.7. The Hall–Kier alpha value is -3.00. The van der Waals surface area contributed by atoms with E-state index in [-0.39, 0.29) is 0 Å². The highest BCUT2D eigenvalue weighted by Crippen LogP contribution is 2.38. The maximum Gasteiger partial charge on any atom is 0.227 e. The van der Waals surface area contributed by atoms with Crippen LogP contribution < -0.4 is 5.32 Å². The molecule has 8 heteroatoms. The Labute approximate surface area is 222 Å². The monoisotopic (exact) mass is 516 g/mol. The van der Waals surface area contributed by atoms with E-state index in [0.29, 0.717) is 24.5 Å². The van der Waals surface area contributed by atoms with E-state index < -0.39 is 5.60 Å². The lowest BCUT2D eigenvalue weighted by Gasteiger charge is -2.37. The minimum absolute atomic E-state index is 0.361. The van der Waals surface area contributed by atoms with Crippen LogP contribution in [0.15, 0.2) is 54.9 Å². The molecule has 1 unspecified atom stereocenters. The molecule has 3 heterocycles. The van der Waals surface area contributed by atoms with E-state index in [0.717, 1.165) is 64.4 Å². The Bertz CT molecular complexity index is 1410. The third-order valence-electron chi connectivity index (χ3n) is 7.84. The fourth-order valence-electron chi connectivity index (χ4n) is 5.52. The lowest BCUT2D eigenvalue weighted by molar-refractivity contribution is 0.00884. The topological polar surface area (TPSA) is 79.1 Å². The first kappa shape index (κ1) is 24.3. The van der Waals surface area contributed by atoms with Gasteiger partial charge in [-0.25, -0.2) is 9.97 Å². The van der Waals surface area contributed by atoms with E-state index in [1.165, 1.54) is 12.8 Å². The van der Waals surface area contributed by atoms with Crippen molar-refractivity contribution in [3.8, 4) is 0 Å². The van der Waals surface area contributed by atoms with E-state index in [1.807, 2.05) is 55.7 Å². The van der Waals surface area contributed by atoms with E-state index in [1.54, 1.807) is 0 Å². The molecule has 1 saturated heterocycles. The van der Waals surface area contributed by atoms with Gasteiger partial charge in [-0.1, -0.05) is 41.9 Å². The van der Waals surface area contributed by atoms with Gasteiger partial charge in [-0.3, -0.25) is 4.68 Å². The number of benzene rings is 2. The minimum Gasteiger partial charge on any atom is -0.384 e. The highest BCUT2D eigenvalue weighted by atomic mass is 35.5. The van der Waals surface area contributed by atoms with E-state index in [4.69, 9.17) is 16.6 Å². The third-order valence-corrected chi connectivity index (χ3v) is 8.16. The quantitative estimate of drug-likeness (QED) is 0.316. The zero-order valence-corrected chi connectivity index (χ0v) is 22.1. The molecule has 2 aromatic carbocycles. The molecule has 1 saturated carbocycles. The van der Waals surface area contributed by atoms with Gasteiger partial charge >= 0.3 is 0 Å². The fraction of sp³-hybridized carbons (Fsp3) is 0.414. The van der Waals surface area contributed by atoms with Crippen LogP contribution >= 0.6 is 11.6 Å². The second-order valence-electron chi connectivity index (χ2n) is 10.8. The summed E-state index contributed by atoms with van der Waals surface area (Å²) in [6.45, 7) is 6.44. The number of hydrogen-bond donors (Lipinski definition) is 2. The predicted molar refractivity (Wildman–Crippen MR) is 147 cm³/mol. The number of rotatable bonds is 7. The Morgan fingerprint density at radius 2 is 1.84 bits per heavy atom. The standard InChI is InChI=1S/C29H33ClN6O/c1-19-27(17-32-36(19)23-8-9-23)34-28-31-16-21-14-25(30)24(15-26(21)33-28)20-10-12-35(13-11-20)18-29(2,37)22-6-4-3-5-7-22/h3-7,14-17,20,23,37H,8-13,18H2,1-2H3,(H,31,33,34). The number of hydrogen-bond acceptors (Lipinski definition) is 6. The van der Waals surface area contributed by atoms with Crippen LogP contribution in [0.25, 0.3) is 10.9 Å². The second kappa shape index (κ2) is 9.71. The highest BCUT2D eigenvalue weighted by Gasteiger charge is 2.30. The van der Waals surface area contributed by atoms with Crippen LogP contribution in [-0.4, -0.2) is 49.4 Å². The van der Waals surface area contributed by atoms with Crippen molar-refractivity contribution < 1.29 is 5.11 Å². The SMILES string of the molecule is Cc1c(Nc2ncc3cc(Cl)c(C4CCN(CC(C)(O)c5ccccc5)CC4)cc3n2)cnn1C1CC1. The average molecular weight is 517 g/mol. The van der Waals surface area contributed by atoms with Gasteiger partial charge in [0, 0.05) is 23.2 Å². The van der Waals surface area contributed by atoms with E-state index >= 15 is 0 Å². The summed E-state index contributed by atoms with van der Waals surface area (Å²) in [6.07, 6.45) is 8.07. The van der Waals surface area contributed by atoms with Gasteiger partial charge in [0.25, 0.3) is 0 Å². The molecule has 0 bridgehead atoms. The Kier molecular flexibility index (Phi) is 6.39. The summed E-state index contributed by atoms with van der Waals surface area (Å²) in [7, 11) is 0. The first-order valence-electron chi connectivity index (χ1n) is 13.1. The third kappa shape index (κ3) is 5.08. The molecule has 4 aromatic rings. The number of halogens is 1. The molecule has 7 nitrogen and oxygen atoms in total. The smallest absolute Gasteiger partial charge is 0.227 e. The van der Waals surface area contributed by atoms with Crippen LogP contribution in [0.4, 0.5) is 11.6 Å². The van der Waals surface area contributed by atoms with E-state index in [9.17, 15) is 5.11 Å². The summed E-state index contributed by atoms with van der Waals surface area (Å²) in [6, 6.07) is 14.6. The number of aliphatic hydroxyl groups is 1. The van der Waals surface area contributed by atoms with Gasteiger partial charge < -0.3 is 15.3 Å². The van der Waals surface area contributed by atoms with Crippen LogP contribution in [0.2, 0.25) is 5.02 Å². The van der Waals surface area contributed by atoms with Crippen molar-refractivity contribution in [3.05, 3.63) is 76.7 Å². The predicted octanol–water partition coefficient (Wildman–Crippen LogP) is 5.95. The zero-order chi connectivity index (χ0) is 25.6. The molecule has 1 atom stereocenters. The van der Waals surface area contributed by atoms with Gasteiger partial charge in [0.2, 0.25) is 5.95 Å². The van der Waals surface area contributed by atoms with Crippen molar-refractivity contribution in [2.75, 3.05) is 25.0 Å². The number of nitrogens with one attached hydrogen (secondary N) is 1. The highest BCUT2D eigenvalue weighted by molar-refractivity contribution is 6.32. The molecule has 192 valence electrons. The molecular formula is C29H33ClN6O. The molecule has 6 rings (SSSR count). The van der Waals surface area contributed by atoms with Crippen LogP contribution in [0, 0.1) is 6.92 Å². The number of anilines is 2. The Morgan fingerprint density at radius 3 is 2.57 bits per heavy atom. The van der Waals surface area contributed by atoms with Crippen molar-refractivity contribution in [2.45, 2.75) is 57.1 Å². The van der Waals surface area contributed by atoms with Gasteiger partial charge in [0.05, 0.1) is 34.7 Å². The number of likely N-dealkylation sites (tertiary alicyclic amines) is 1. The minimum atomic E-state index is -0.872. The number of aromatic nitrogens is 4. The maximum absolute atomic E-state index is 11.1. The second-order valence-corrected chi connectivity index (χ2v) is 11.2. The van der Waals surface area contributed by atoms with Crippen molar-refractivity contribution in [1.82, 2.24) is 24.6 Å². The summed E-state index contributed by atoms with van der Waals surface area (Å²) >= 11 is 6.75. The van der Waals surface area contributed by atoms with Crippen molar-refractivity contribution >= 4 is 34.1 Å². The molecule has 1 aliphatic carbocycles. The first-order chi connectivity index (χ1) is 17.9. The van der Waals surface area contributed by atoms with Gasteiger partial charge in [0.15, 0.2) is 0 Å². The van der Waals surface area contributed by atoms with Crippen LogP contribution in [0.5, 0.6) is 0 Å². The largest absolute Gasteiger partial charge is 0.384 e. The first-order valence-corrected chi connectivity index (χ1v) is 13.5. The summed E-state index contributed by atoms with van der Waals surface area (Å²) in [5.41, 5.74) is 4.17. The molecule has 2 fully saturated rings. The summed E-state index contributed by atoms with van der Waals surface area (Å²) in [4.78, 5) is 11.7. The molecule has 2 aliphatic rings. The van der Waals surface area contributed by atoms with Gasteiger partial charge in [-0.05, 0) is 81.8 Å². The number of β-amino-alcohol motifs (C(OH)–C–C–N with tert-alkyl or cyclic N) is 1. The van der Waals surface area contributed by atoms with Crippen LogP contribution in [0.3, 0.4) is 0 Å². The molecule has 0 radical (unpaired) electrons. The summed E-state index contributed by atoms with van der Waals surface area (Å²) in [5, 5.41) is 20.7. The number of fused-ring (bicyclic) bond motifs is 1. The van der Waals surface area contributed by atoms with Gasteiger partial charge in [0.1, 0.15) is 0 Å². The molecule has 2 N–H and O–H groups in total. The van der Waals surface area contributed by atoms with Crippen molar-refractivity contribution in [1.29, 1.82) is 0 Å². The van der Waals surface area contributed by atoms with Crippen molar-refractivity contribution in [3.63, 3.8) is 0 Å². The lowest BCUT2D eigenvalue weighted by Crippen LogP contribution is -2.42. The average Bonchev–Trinajstić information content (AvgIpc) is 3.68. The summed E-state index contributed by atoms with van der Waals surface area (Å²) in [5.74, 6) is 0.928. The lowest BCUT2D eigenvalue weighted by atomic mass is 9.87. The molecule has 2 aromatic heterocycles. The number of nitrogens with zero attached hydrogens (tertiary/aromatic N) is 5. The maximum atomic E-state index is 11.1. The zero-order valence-electron chi connectivity index (χ0n) is 21.4. The number of piperidine rings is 1. The molecular weight excluding hydrogens is 484 g/mol. The van der Waals surface area contributed by atoms with Crippen LogP contribution in [0.1, 0.15) is 61.4 Å². The van der Waals surface area contributed by atoms with Gasteiger partial charge in [-0.15, -0.1) is 0 Å². The fourth-order valence-corrected chi connectivity index (χ4v) is 5.85. The van der Waals surface area contributed by atoms with Gasteiger partial charge in [-0.2, -0.15) is 5.10 Å². The Morgan fingerprint density at radius 1 is 1.08 bits per heavy atom. The molecule has 1 aliphatic heterocycles. The Balaban J connectivity index is 1.16. The molecule has 0 amide bonds. The van der Waals surface area contributed by atoms with Crippen molar-refractivity contribution in [2.24, 2.45) is 0 Å². The van der Waals surface area contributed by atoms with E-state index in [2.05, 4.69) is 38.0 Å². The van der Waals surface area contributed by atoms with Crippen LogP contribution in [-0.2, 0) is 5.60 Å². The molecule has 37 heavy (non-hydrogen) atoms.